The molecule has 37 heavy (non-hydrogen) atoms. The molecule has 2 N–H and O–H groups in total. The molecule has 4 heterocycles. The molecule has 1 amide bonds. The fourth-order valence-electron chi connectivity index (χ4n) is 4.65. The quantitative estimate of drug-likeness (QED) is 0.378. The van der Waals surface area contributed by atoms with Gasteiger partial charge < -0.3 is 15.5 Å². The lowest BCUT2D eigenvalue weighted by Crippen LogP contribution is -2.35. The Labute approximate surface area is 211 Å². The lowest BCUT2D eigenvalue weighted by molar-refractivity contribution is -0.137. The average molecular weight is 510 g/mol. The topological polar surface area (TPSA) is 87.5 Å². The number of imidazole rings is 1. The summed E-state index contributed by atoms with van der Waals surface area (Å²) in [6, 6.07) is 8.42. The zero-order chi connectivity index (χ0) is 26.2. The minimum absolute atomic E-state index is 0.172. The molecular weight excluding hydrogens is 483 g/mol. The van der Waals surface area contributed by atoms with Gasteiger partial charge in [-0.05, 0) is 43.0 Å². The van der Waals surface area contributed by atoms with E-state index in [4.69, 9.17) is 4.98 Å². The Balaban J connectivity index is 1.45. The van der Waals surface area contributed by atoms with Gasteiger partial charge in [-0.1, -0.05) is 19.1 Å². The SMILES string of the molecule is CNc1nccn2c(N3CCCC(C)C3)nc(-c3ccc(C(=O)Nc4cc(C(F)(F)F)ccn4)cc3)c12. The summed E-state index contributed by atoms with van der Waals surface area (Å²) >= 11 is 0. The van der Waals surface area contributed by atoms with Gasteiger partial charge in [-0.3, -0.25) is 9.20 Å². The summed E-state index contributed by atoms with van der Waals surface area (Å²) in [6.07, 6.45) is 2.40. The van der Waals surface area contributed by atoms with Crippen molar-refractivity contribution in [1.29, 1.82) is 0 Å². The summed E-state index contributed by atoms with van der Waals surface area (Å²) in [5, 5.41) is 5.57. The predicted molar refractivity (Wildman–Crippen MR) is 136 cm³/mol. The first-order valence-corrected chi connectivity index (χ1v) is 12.0. The van der Waals surface area contributed by atoms with Gasteiger partial charge in [0.05, 0.1) is 5.56 Å². The third-order valence-corrected chi connectivity index (χ3v) is 6.46. The third kappa shape index (κ3) is 4.93. The van der Waals surface area contributed by atoms with Gasteiger partial charge in [0.15, 0.2) is 5.82 Å². The van der Waals surface area contributed by atoms with Crippen molar-refractivity contribution in [3.05, 3.63) is 66.1 Å². The van der Waals surface area contributed by atoms with Crippen LogP contribution in [0.2, 0.25) is 0 Å². The highest BCUT2D eigenvalue weighted by molar-refractivity contribution is 6.04. The number of fused-ring (bicyclic) bond motifs is 1. The van der Waals surface area contributed by atoms with Crippen molar-refractivity contribution in [2.45, 2.75) is 25.9 Å². The Morgan fingerprint density at radius 3 is 2.59 bits per heavy atom. The van der Waals surface area contributed by atoms with E-state index in [-0.39, 0.29) is 11.4 Å². The minimum atomic E-state index is -4.52. The van der Waals surface area contributed by atoms with Crippen LogP contribution in [-0.2, 0) is 6.18 Å². The molecule has 4 aromatic rings. The van der Waals surface area contributed by atoms with Crippen LogP contribution in [0, 0.1) is 5.92 Å². The fraction of sp³-hybridized carbons (Fsp3) is 0.308. The number of hydrogen-bond acceptors (Lipinski definition) is 6. The van der Waals surface area contributed by atoms with E-state index in [1.807, 2.05) is 10.6 Å². The smallest absolute Gasteiger partial charge is 0.371 e. The Bertz CT molecular complexity index is 1430. The zero-order valence-corrected chi connectivity index (χ0v) is 20.4. The Morgan fingerprint density at radius 1 is 1.11 bits per heavy atom. The van der Waals surface area contributed by atoms with E-state index in [9.17, 15) is 18.0 Å². The van der Waals surface area contributed by atoms with Crippen LogP contribution in [0.3, 0.4) is 0 Å². The lowest BCUT2D eigenvalue weighted by Gasteiger charge is -2.31. The number of aromatic nitrogens is 4. The molecule has 1 atom stereocenters. The van der Waals surface area contributed by atoms with Gasteiger partial charge in [0.2, 0.25) is 5.95 Å². The van der Waals surface area contributed by atoms with Crippen molar-refractivity contribution < 1.29 is 18.0 Å². The van der Waals surface area contributed by atoms with E-state index < -0.39 is 17.6 Å². The summed E-state index contributed by atoms with van der Waals surface area (Å²) in [6.45, 7) is 4.07. The van der Waals surface area contributed by atoms with E-state index in [0.29, 0.717) is 11.7 Å². The number of anilines is 3. The highest BCUT2D eigenvalue weighted by Crippen LogP contribution is 2.34. The van der Waals surface area contributed by atoms with Crippen LogP contribution in [0.25, 0.3) is 16.8 Å². The van der Waals surface area contributed by atoms with Crippen molar-refractivity contribution in [1.82, 2.24) is 19.4 Å². The van der Waals surface area contributed by atoms with Gasteiger partial charge in [0, 0.05) is 49.9 Å². The molecule has 1 saturated heterocycles. The molecular formula is C26H26F3N7O. The van der Waals surface area contributed by atoms with E-state index >= 15 is 0 Å². The number of hydrogen-bond donors (Lipinski definition) is 2. The van der Waals surface area contributed by atoms with Gasteiger partial charge in [-0.15, -0.1) is 0 Å². The second-order valence-electron chi connectivity index (χ2n) is 9.16. The van der Waals surface area contributed by atoms with Gasteiger partial charge in [-0.25, -0.2) is 15.0 Å². The molecule has 0 spiro atoms. The Hall–Kier alpha value is -4.15. The van der Waals surface area contributed by atoms with E-state index in [2.05, 4.69) is 32.4 Å². The van der Waals surface area contributed by atoms with Crippen LogP contribution in [0.4, 0.5) is 30.8 Å². The van der Waals surface area contributed by atoms with Crippen molar-refractivity contribution in [3.8, 4) is 11.3 Å². The lowest BCUT2D eigenvalue weighted by atomic mass is 10.0. The second kappa shape index (κ2) is 9.72. The number of nitrogens with one attached hydrogen (secondary N) is 2. The molecule has 1 fully saturated rings. The number of rotatable bonds is 5. The molecule has 0 saturated carbocycles. The molecule has 0 radical (unpaired) electrons. The number of carbonyl (C=O) groups excluding carboxylic acids is 1. The van der Waals surface area contributed by atoms with Crippen LogP contribution < -0.4 is 15.5 Å². The van der Waals surface area contributed by atoms with Gasteiger partial charge >= 0.3 is 6.18 Å². The molecule has 5 rings (SSSR count). The first kappa shape index (κ1) is 24.5. The van der Waals surface area contributed by atoms with Crippen LogP contribution in [-0.4, -0.2) is 45.4 Å². The van der Waals surface area contributed by atoms with Crippen LogP contribution in [0.1, 0.15) is 35.7 Å². The maximum Gasteiger partial charge on any atom is 0.416 e. The van der Waals surface area contributed by atoms with Gasteiger partial charge in [0.25, 0.3) is 5.91 Å². The molecule has 11 heteroatoms. The van der Waals surface area contributed by atoms with Crippen molar-refractivity contribution in [2.24, 2.45) is 5.92 Å². The summed E-state index contributed by atoms with van der Waals surface area (Å²) in [7, 11) is 1.80. The van der Waals surface area contributed by atoms with Crippen LogP contribution in [0.5, 0.6) is 0 Å². The Morgan fingerprint density at radius 2 is 1.89 bits per heavy atom. The molecule has 192 valence electrons. The molecule has 1 aromatic carbocycles. The molecule has 1 unspecified atom stereocenters. The highest BCUT2D eigenvalue weighted by Gasteiger charge is 2.31. The maximum absolute atomic E-state index is 13.0. The standard InChI is InChI=1S/C26H26F3N7O/c1-16-4-3-12-35(15-16)25-34-21(22-23(30-2)32-11-13-36(22)25)17-5-7-18(8-6-17)24(37)33-20-14-19(9-10-31-20)26(27,28)29/h5-11,13-14,16H,3-4,12,15H2,1-2H3,(H,30,32)(H,31,33,37). The zero-order valence-electron chi connectivity index (χ0n) is 20.4. The molecule has 1 aliphatic rings. The first-order chi connectivity index (χ1) is 17.7. The minimum Gasteiger partial charge on any atom is -0.371 e. The summed E-state index contributed by atoms with van der Waals surface area (Å²) in [5.41, 5.74) is 1.73. The number of carbonyl (C=O) groups is 1. The highest BCUT2D eigenvalue weighted by atomic mass is 19.4. The largest absolute Gasteiger partial charge is 0.416 e. The van der Waals surface area contributed by atoms with E-state index in [0.717, 1.165) is 60.6 Å². The molecule has 1 aliphatic heterocycles. The maximum atomic E-state index is 13.0. The fourth-order valence-corrected chi connectivity index (χ4v) is 4.65. The number of pyridine rings is 1. The third-order valence-electron chi connectivity index (χ3n) is 6.46. The van der Waals surface area contributed by atoms with Crippen LogP contribution >= 0.6 is 0 Å². The van der Waals surface area contributed by atoms with Crippen molar-refractivity contribution >= 4 is 29.0 Å². The number of amides is 1. The normalized spacial score (nSPS) is 16.1. The van der Waals surface area contributed by atoms with Crippen LogP contribution in [0.15, 0.2) is 55.0 Å². The first-order valence-electron chi connectivity index (χ1n) is 12.0. The molecule has 0 bridgehead atoms. The number of piperidine rings is 1. The monoisotopic (exact) mass is 509 g/mol. The summed E-state index contributed by atoms with van der Waals surface area (Å²) in [4.78, 5) is 28.3. The summed E-state index contributed by atoms with van der Waals surface area (Å²) in [5.74, 6) is 1.36. The van der Waals surface area contributed by atoms with Gasteiger partial charge in [-0.2, -0.15) is 13.2 Å². The molecule has 3 aromatic heterocycles. The van der Waals surface area contributed by atoms with Gasteiger partial charge in [0.1, 0.15) is 17.0 Å². The Kier molecular flexibility index (Phi) is 6.45. The number of halogens is 3. The summed E-state index contributed by atoms with van der Waals surface area (Å²) < 4.78 is 41.0. The van der Waals surface area contributed by atoms with Crippen molar-refractivity contribution in [2.75, 3.05) is 35.7 Å². The number of alkyl halides is 3. The van der Waals surface area contributed by atoms with E-state index in [1.165, 1.54) is 6.42 Å². The molecule has 8 nitrogen and oxygen atoms in total. The number of benzene rings is 1. The molecule has 0 aliphatic carbocycles. The number of nitrogens with zero attached hydrogens (tertiary/aromatic N) is 5. The average Bonchev–Trinajstić information content (AvgIpc) is 3.28. The van der Waals surface area contributed by atoms with E-state index in [1.54, 1.807) is 37.5 Å². The van der Waals surface area contributed by atoms with Crippen molar-refractivity contribution in [3.63, 3.8) is 0 Å². The second-order valence-corrected chi connectivity index (χ2v) is 9.16. The predicted octanol–water partition coefficient (Wildman–Crippen LogP) is 5.34.